The summed E-state index contributed by atoms with van der Waals surface area (Å²) in [6, 6.07) is -0.556. The van der Waals surface area contributed by atoms with Gasteiger partial charge in [0.25, 0.3) is 0 Å². The van der Waals surface area contributed by atoms with Gasteiger partial charge in [0, 0.05) is 11.6 Å². The summed E-state index contributed by atoms with van der Waals surface area (Å²) in [5.41, 5.74) is 8.55. The molecular formula is C11H19N3O. The third kappa shape index (κ3) is 2.94. The number of fused-ring (bicyclic) bond motifs is 1. The first-order chi connectivity index (χ1) is 7.27. The second-order valence-corrected chi connectivity index (χ2v) is 4.63. The molecule has 2 fully saturated rings. The van der Waals surface area contributed by atoms with E-state index in [4.69, 9.17) is 5.73 Å². The number of carbonyl (C=O) groups is 1. The lowest BCUT2D eigenvalue weighted by Gasteiger charge is -2.04. The lowest BCUT2D eigenvalue weighted by molar-refractivity contribution is 0.249. The highest BCUT2D eigenvalue weighted by Crippen LogP contribution is 2.45. The molecule has 2 amide bonds. The van der Waals surface area contributed by atoms with Crippen LogP contribution >= 0.6 is 0 Å². The van der Waals surface area contributed by atoms with Gasteiger partial charge in [-0.25, -0.2) is 10.2 Å². The van der Waals surface area contributed by atoms with Crippen molar-refractivity contribution in [3.63, 3.8) is 0 Å². The number of nitrogens with one attached hydrogen (secondary N) is 1. The van der Waals surface area contributed by atoms with Crippen molar-refractivity contribution in [2.45, 2.75) is 44.9 Å². The number of hydrazone groups is 1. The Labute approximate surface area is 90.3 Å². The molecule has 0 spiro atoms. The van der Waals surface area contributed by atoms with Crippen molar-refractivity contribution in [2.24, 2.45) is 22.7 Å². The average molecular weight is 209 g/mol. The number of rotatable bonds is 1. The number of carbonyl (C=O) groups excluding carboxylic acids is 1. The van der Waals surface area contributed by atoms with Crippen molar-refractivity contribution >= 4 is 11.7 Å². The third-order valence-corrected chi connectivity index (χ3v) is 3.42. The molecule has 84 valence electrons. The molecule has 0 bridgehead atoms. The summed E-state index contributed by atoms with van der Waals surface area (Å²) in [5, 5.41) is 4.14. The highest BCUT2D eigenvalue weighted by Gasteiger charge is 2.40. The molecule has 2 aliphatic carbocycles. The van der Waals surface area contributed by atoms with Crippen LogP contribution in [0.4, 0.5) is 4.79 Å². The molecule has 0 aliphatic heterocycles. The maximum atomic E-state index is 10.6. The molecule has 2 rings (SSSR count). The number of hydrogen-bond donors (Lipinski definition) is 2. The van der Waals surface area contributed by atoms with Gasteiger partial charge >= 0.3 is 6.03 Å². The van der Waals surface area contributed by atoms with E-state index in [2.05, 4.69) is 10.5 Å². The van der Waals surface area contributed by atoms with E-state index in [1.807, 2.05) is 0 Å². The summed E-state index contributed by atoms with van der Waals surface area (Å²) in [4.78, 5) is 10.6. The lowest BCUT2D eigenvalue weighted by Crippen LogP contribution is -2.26. The molecule has 15 heavy (non-hydrogen) atoms. The second kappa shape index (κ2) is 4.64. The van der Waals surface area contributed by atoms with Gasteiger partial charge in [0.15, 0.2) is 0 Å². The summed E-state index contributed by atoms with van der Waals surface area (Å²) in [6.45, 7) is 0. The molecule has 0 unspecified atom stereocenters. The standard InChI is InChI=1S/C11H19N3O/c12-11(15)14-13-10-6-4-2-1-3-5-8-7-9(8)10/h8-9H,1-7H2,(H3,12,14,15)/t8-,9+/m0/s1. The molecule has 0 aromatic carbocycles. The van der Waals surface area contributed by atoms with E-state index >= 15 is 0 Å². The van der Waals surface area contributed by atoms with Gasteiger partial charge in [-0.15, -0.1) is 0 Å². The number of nitrogens with zero attached hydrogens (tertiary/aromatic N) is 1. The Balaban J connectivity index is 1.95. The van der Waals surface area contributed by atoms with E-state index in [-0.39, 0.29) is 0 Å². The largest absolute Gasteiger partial charge is 0.350 e. The lowest BCUT2D eigenvalue weighted by atomic mass is 10.1. The zero-order chi connectivity index (χ0) is 10.7. The van der Waals surface area contributed by atoms with Crippen LogP contribution in [-0.4, -0.2) is 11.7 Å². The highest BCUT2D eigenvalue weighted by molar-refractivity contribution is 5.90. The van der Waals surface area contributed by atoms with E-state index in [1.54, 1.807) is 0 Å². The van der Waals surface area contributed by atoms with Crippen LogP contribution in [0.25, 0.3) is 0 Å². The molecule has 2 atom stereocenters. The normalized spacial score (nSPS) is 33.5. The molecule has 4 nitrogen and oxygen atoms in total. The van der Waals surface area contributed by atoms with Crippen LogP contribution in [0.5, 0.6) is 0 Å². The maximum absolute atomic E-state index is 10.6. The predicted octanol–water partition coefficient (Wildman–Crippen LogP) is 2.00. The van der Waals surface area contributed by atoms with Crippen LogP contribution in [0.15, 0.2) is 5.10 Å². The molecule has 0 radical (unpaired) electrons. The SMILES string of the molecule is NC(=O)NN=C1CCCCCC[C@H]2C[C@@H]12. The number of nitrogens with two attached hydrogens (primary N) is 1. The zero-order valence-electron chi connectivity index (χ0n) is 9.04. The first-order valence-electron chi connectivity index (χ1n) is 5.89. The molecule has 4 heteroatoms. The van der Waals surface area contributed by atoms with Crippen LogP contribution in [0, 0.1) is 11.8 Å². The molecule has 2 aliphatic rings. The number of amides is 2. The van der Waals surface area contributed by atoms with Gasteiger partial charge in [-0.2, -0.15) is 5.10 Å². The summed E-state index contributed by atoms with van der Waals surface area (Å²) in [5.74, 6) is 1.46. The Kier molecular flexibility index (Phi) is 3.23. The summed E-state index contributed by atoms with van der Waals surface area (Å²) in [7, 11) is 0. The van der Waals surface area contributed by atoms with E-state index in [1.165, 1.54) is 44.2 Å². The minimum Gasteiger partial charge on any atom is -0.350 e. The summed E-state index contributed by atoms with van der Waals surface area (Å²) < 4.78 is 0. The molecular weight excluding hydrogens is 190 g/mol. The van der Waals surface area contributed by atoms with Crippen molar-refractivity contribution in [3.8, 4) is 0 Å². The molecule has 0 aromatic heterocycles. The maximum Gasteiger partial charge on any atom is 0.332 e. The fourth-order valence-electron chi connectivity index (χ4n) is 2.49. The quantitative estimate of drug-likeness (QED) is 0.637. The minimum absolute atomic E-state index is 0.556. The Morgan fingerprint density at radius 2 is 2.13 bits per heavy atom. The molecule has 3 N–H and O–H groups in total. The van der Waals surface area contributed by atoms with Crippen molar-refractivity contribution in [2.75, 3.05) is 0 Å². The summed E-state index contributed by atoms with van der Waals surface area (Å²) in [6.07, 6.45) is 8.82. The Hall–Kier alpha value is -1.06. The molecule has 0 heterocycles. The van der Waals surface area contributed by atoms with Crippen molar-refractivity contribution < 1.29 is 4.79 Å². The van der Waals surface area contributed by atoms with E-state index < -0.39 is 6.03 Å². The summed E-state index contributed by atoms with van der Waals surface area (Å²) >= 11 is 0. The number of urea groups is 1. The number of hydrogen-bond acceptors (Lipinski definition) is 2. The Morgan fingerprint density at radius 3 is 2.93 bits per heavy atom. The van der Waals surface area contributed by atoms with Gasteiger partial charge in [0.05, 0.1) is 0 Å². The molecule has 0 aromatic rings. The van der Waals surface area contributed by atoms with E-state index in [9.17, 15) is 4.79 Å². The monoisotopic (exact) mass is 209 g/mol. The predicted molar refractivity (Wildman–Crippen MR) is 59.5 cm³/mol. The van der Waals surface area contributed by atoms with Crippen molar-refractivity contribution in [3.05, 3.63) is 0 Å². The fourth-order valence-corrected chi connectivity index (χ4v) is 2.49. The minimum atomic E-state index is -0.556. The van der Waals surface area contributed by atoms with Crippen LogP contribution in [0.3, 0.4) is 0 Å². The first-order valence-corrected chi connectivity index (χ1v) is 5.89. The first kappa shape index (κ1) is 10.5. The average Bonchev–Trinajstić information content (AvgIpc) is 2.94. The third-order valence-electron chi connectivity index (χ3n) is 3.42. The van der Waals surface area contributed by atoms with Crippen molar-refractivity contribution in [1.82, 2.24) is 5.43 Å². The van der Waals surface area contributed by atoms with Gasteiger partial charge in [-0.3, -0.25) is 0 Å². The second-order valence-electron chi connectivity index (χ2n) is 4.63. The number of primary amides is 1. The van der Waals surface area contributed by atoms with Crippen LogP contribution in [-0.2, 0) is 0 Å². The smallest absolute Gasteiger partial charge is 0.332 e. The van der Waals surface area contributed by atoms with E-state index in [0.717, 1.165) is 12.3 Å². The molecule has 0 saturated heterocycles. The van der Waals surface area contributed by atoms with Gasteiger partial charge < -0.3 is 5.73 Å². The Bertz CT molecular complexity index is 275. The van der Waals surface area contributed by atoms with Crippen LogP contribution < -0.4 is 11.2 Å². The topological polar surface area (TPSA) is 67.5 Å². The fraction of sp³-hybridized carbons (Fsp3) is 0.818. The van der Waals surface area contributed by atoms with Gasteiger partial charge in [-0.05, 0) is 31.6 Å². The van der Waals surface area contributed by atoms with E-state index in [0.29, 0.717) is 5.92 Å². The molecule has 2 saturated carbocycles. The van der Waals surface area contributed by atoms with Crippen molar-refractivity contribution in [1.29, 1.82) is 0 Å². The van der Waals surface area contributed by atoms with Gasteiger partial charge in [0.1, 0.15) is 0 Å². The Morgan fingerprint density at radius 1 is 1.33 bits per heavy atom. The van der Waals surface area contributed by atoms with Gasteiger partial charge in [-0.1, -0.05) is 19.3 Å². The zero-order valence-corrected chi connectivity index (χ0v) is 9.04. The van der Waals surface area contributed by atoms with Crippen LogP contribution in [0.1, 0.15) is 44.9 Å². The highest BCUT2D eigenvalue weighted by atomic mass is 16.2. The van der Waals surface area contributed by atoms with Gasteiger partial charge in [0.2, 0.25) is 0 Å². The van der Waals surface area contributed by atoms with Crippen LogP contribution in [0.2, 0.25) is 0 Å².